The molecule has 8 heteroatoms. The van der Waals surface area contributed by atoms with Crippen molar-refractivity contribution in [3.05, 3.63) is 87.4 Å². The van der Waals surface area contributed by atoms with E-state index in [2.05, 4.69) is 10.4 Å². The molecule has 0 spiro atoms. The van der Waals surface area contributed by atoms with Crippen molar-refractivity contribution in [2.24, 2.45) is 11.0 Å². The lowest BCUT2D eigenvalue weighted by Crippen LogP contribution is -2.27. The largest absolute Gasteiger partial charge is 0.493 e. The molecule has 1 atom stereocenters. The Morgan fingerprint density at radius 1 is 1.15 bits per heavy atom. The van der Waals surface area contributed by atoms with Crippen LogP contribution in [0.4, 0.5) is 5.69 Å². The summed E-state index contributed by atoms with van der Waals surface area (Å²) >= 11 is 0. The summed E-state index contributed by atoms with van der Waals surface area (Å²) < 4.78 is 0. The first-order valence-corrected chi connectivity index (χ1v) is 7.93. The lowest BCUT2D eigenvalue weighted by atomic mass is 9.95. The first-order chi connectivity index (χ1) is 12.5. The van der Waals surface area contributed by atoms with Gasteiger partial charge < -0.3 is 5.11 Å². The van der Waals surface area contributed by atoms with Gasteiger partial charge in [-0.1, -0.05) is 30.3 Å². The fraction of sp³-hybridized carbons (Fsp3) is 0.111. The summed E-state index contributed by atoms with van der Waals surface area (Å²) in [6.45, 7) is 0.391. The topological polar surface area (TPSA) is 108 Å². The number of aliphatic hydroxyl groups excluding tert-OH is 1. The number of benzene rings is 2. The van der Waals surface area contributed by atoms with Gasteiger partial charge >= 0.3 is 0 Å². The highest BCUT2D eigenvalue weighted by molar-refractivity contribution is 6.17. The van der Waals surface area contributed by atoms with Crippen LogP contribution in [0.1, 0.15) is 11.1 Å². The molecule has 26 heavy (non-hydrogen) atoms. The Hall–Kier alpha value is -3.68. The fourth-order valence-electron chi connectivity index (χ4n) is 3.14. The van der Waals surface area contributed by atoms with Crippen LogP contribution in [-0.2, 0) is 11.3 Å². The maximum absolute atomic E-state index is 12.3. The third-order valence-electron chi connectivity index (χ3n) is 4.35. The minimum atomic E-state index is -0.736. The molecule has 2 aromatic rings. The molecule has 2 aliphatic heterocycles. The molecule has 0 saturated heterocycles. The highest BCUT2D eigenvalue weighted by Gasteiger charge is 2.45. The zero-order valence-electron chi connectivity index (χ0n) is 13.5. The van der Waals surface area contributed by atoms with E-state index in [1.165, 1.54) is 12.1 Å². The molecule has 0 aliphatic carbocycles. The SMILES string of the molecule is O=C1NC(O)=C2C1C(c1ccc([N+](=O)[O-])cc1)=NN2Cc1ccccc1. The van der Waals surface area contributed by atoms with Gasteiger partial charge in [-0.2, -0.15) is 5.10 Å². The molecule has 0 fully saturated rings. The van der Waals surface area contributed by atoms with E-state index in [0.29, 0.717) is 23.5 Å². The molecule has 8 nitrogen and oxygen atoms in total. The van der Waals surface area contributed by atoms with E-state index in [0.717, 1.165) is 5.56 Å². The molecule has 2 heterocycles. The number of hydrogen-bond acceptors (Lipinski definition) is 6. The summed E-state index contributed by atoms with van der Waals surface area (Å²) in [5.74, 6) is -1.32. The molecule has 1 amide bonds. The molecule has 130 valence electrons. The smallest absolute Gasteiger partial charge is 0.269 e. The zero-order valence-corrected chi connectivity index (χ0v) is 13.5. The van der Waals surface area contributed by atoms with Crippen LogP contribution in [0.15, 0.2) is 71.3 Å². The minimum absolute atomic E-state index is 0.0389. The summed E-state index contributed by atoms with van der Waals surface area (Å²) in [7, 11) is 0. The van der Waals surface area contributed by atoms with Gasteiger partial charge in [0.1, 0.15) is 11.6 Å². The third-order valence-corrected chi connectivity index (χ3v) is 4.35. The standard InChI is InChI=1S/C18H14N4O4/c23-17-14-15(12-6-8-13(9-7-12)22(25)26)20-21(16(14)18(24)19-17)10-11-4-2-1-3-5-11/h1-9,14,24H,10H2,(H,19,23). The lowest BCUT2D eigenvalue weighted by Gasteiger charge is -2.15. The van der Waals surface area contributed by atoms with E-state index in [1.54, 1.807) is 17.1 Å². The zero-order chi connectivity index (χ0) is 18.3. The first-order valence-electron chi connectivity index (χ1n) is 7.93. The second kappa shape index (κ2) is 5.99. The fourth-order valence-corrected chi connectivity index (χ4v) is 3.14. The van der Waals surface area contributed by atoms with Crippen LogP contribution >= 0.6 is 0 Å². The number of nitro groups is 1. The van der Waals surface area contributed by atoms with Crippen LogP contribution in [0.5, 0.6) is 0 Å². The number of rotatable bonds is 4. The molecule has 1 unspecified atom stereocenters. The number of nitrogens with one attached hydrogen (secondary N) is 1. The predicted octanol–water partition coefficient (Wildman–Crippen LogP) is 2.29. The molecule has 0 bridgehead atoms. The van der Waals surface area contributed by atoms with Crippen molar-refractivity contribution in [2.75, 3.05) is 0 Å². The summed E-state index contributed by atoms with van der Waals surface area (Å²) in [5.41, 5.74) is 2.38. The van der Waals surface area contributed by atoms with Gasteiger partial charge in [0, 0.05) is 12.1 Å². The van der Waals surface area contributed by atoms with E-state index in [4.69, 9.17) is 0 Å². The Morgan fingerprint density at radius 2 is 1.85 bits per heavy atom. The quantitative estimate of drug-likeness (QED) is 0.650. The van der Waals surface area contributed by atoms with Crippen LogP contribution in [-0.4, -0.2) is 26.7 Å². The number of hydrazone groups is 1. The Bertz CT molecular complexity index is 951. The highest BCUT2D eigenvalue weighted by atomic mass is 16.6. The summed E-state index contributed by atoms with van der Waals surface area (Å²) in [5, 5.41) is 29.5. The average Bonchev–Trinajstić information content (AvgIpc) is 3.15. The molecule has 0 radical (unpaired) electrons. The second-order valence-electron chi connectivity index (χ2n) is 5.99. The number of carbonyl (C=O) groups is 1. The van der Waals surface area contributed by atoms with Crippen LogP contribution in [0, 0.1) is 16.0 Å². The van der Waals surface area contributed by atoms with Gasteiger partial charge in [-0.05, 0) is 23.3 Å². The summed E-state index contributed by atoms with van der Waals surface area (Å²) in [6.07, 6.45) is 0. The number of amides is 1. The van der Waals surface area contributed by atoms with Crippen LogP contribution in [0.25, 0.3) is 0 Å². The maximum Gasteiger partial charge on any atom is 0.269 e. The van der Waals surface area contributed by atoms with Crippen LogP contribution < -0.4 is 5.32 Å². The molecule has 2 aromatic carbocycles. The molecule has 0 aromatic heterocycles. The molecule has 4 rings (SSSR count). The van der Waals surface area contributed by atoms with Gasteiger partial charge in [0.15, 0.2) is 0 Å². The van der Waals surface area contributed by atoms with Crippen molar-refractivity contribution in [1.29, 1.82) is 0 Å². The lowest BCUT2D eigenvalue weighted by molar-refractivity contribution is -0.384. The van der Waals surface area contributed by atoms with Gasteiger partial charge in [0.25, 0.3) is 5.69 Å². The van der Waals surface area contributed by atoms with Gasteiger partial charge in [0.2, 0.25) is 11.8 Å². The van der Waals surface area contributed by atoms with E-state index in [9.17, 15) is 20.0 Å². The number of nitro benzene ring substituents is 1. The molecule has 2 aliphatic rings. The normalized spacial score (nSPS) is 18.6. The maximum atomic E-state index is 12.3. The number of nitrogens with zero attached hydrogens (tertiary/aromatic N) is 3. The minimum Gasteiger partial charge on any atom is -0.493 e. The van der Waals surface area contributed by atoms with Crippen molar-refractivity contribution >= 4 is 17.3 Å². The number of aliphatic hydroxyl groups is 1. The van der Waals surface area contributed by atoms with Crippen molar-refractivity contribution in [1.82, 2.24) is 10.3 Å². The molecule has 0 saturated carbocycles. The van der Waals surface area contributed by atoms with E-state index >= 15 is 0 Å². The van der Waals surface area contributed by atoms with Gasteiger partial charge in [-0.25, -0.2) is 0 Å². The van der Waals surface area contributed by atoms with Crippen LogP contribution in [0.3, 0.4) is 0 Å². The predicted molar refractivity (Wildman–Crippen MR) is 92.9 cm³/mol. The number of hydrogen-bond donors (Lipinski definition) is 2. The Morgan fingerprint density at radius 3 is 2.50 bits per heavy atom. The molecular weight excluding hydrogens is 336 g/mol. The van der Waals surface area contributed by atoms with Gasteiger partial charge in [-0.3, -0.25) is 25.2 Å². The monoisotopic (exact) mass is 350 g/mol. The van der Waals surface area contributed by atoms with Crippen LogP contribution in [0.2, 0.25) is 0 Å². The van der Waals surface area contributed by atoms with Crippen molar-refractivity contribution in [2.45, 2.75) is 6.54 Å². The summed E-state index contributed by atoms with van der Waals surface area (Å²) in [6, 6.07) is 15.4. The van der Waals surface area contributed by atoms with E-state index in [-0.39, 0.29) is 17.5 Å². The van der Waals surface area contributed by atoms with Gasteiger partial charge in [0.05, 0.1) is 17.2 Å². The van der Waals surface area contributed by atoms with Crippen molar-refractivity contribution < 1.29 is 14.8 Å². The highest BCUT2D eigenvalue weighted by Crippen LogP contribution is 2.35. The van der Waals surface area contributed by atoms with Crippen molar-refractivity contribution in [3.8, 4) is 0 Å². The summed E-state index contributed by atoms with van der Waals surface area (Å²) in [4.78, 5) is 22.6. The van der Waals surface area contributed by atoms with Gasteiger partial charge in [-0.15, -0.1) is 0 Å². The Kier molecular flexibility index (Phi) is 3.65. The Balaban J connectivity index is 1.72. The first kappa shape index (κ1) is 15.8. The van der Waals surface area contributed by atoms with E-state index in [1.807, 2.05) is 30.3 Å². The molecule has 2 N–H and O–H groups in total. The Labute approximate surface area is 148 Å². The average molecular weight is 350 g/mol. The molecular formula is C18H14N4O4. The second-order valence-corrected chi connectivity index (χ2v) is 5.99. The van der Waals surface area contributed by atoms with E-state index < -0.39 is 10.8 Å². The number of fused-ring (bicyclic) bond motifs is 1. The number of non-ortho nitro benzene ring substituents is 1. The van der Waals surface area contributed by atoms with Crippen molar-refractivity contribution in [3.63, 3.8) is 0 Å². The third kappa shape index (κ3) is 2.57. The number of carbonyl (C=O) groups excluding carboxylic acids is 1.